The Morgan fingerprint density at radius 1 is 0.634 bits per heavy atom. The van der Waals surface area contributed by atoms with Gasteiger partial charge in [0.1, 0.15) is 0 Å². The first-order valence-corrected chi connectivity index (χ1v) is 14.9. The van der Waals surface area contributed by atoms with Crippen LogP contribution in [0.2, 0.25) is 0 Å². The van der Waals surface area contributed by atoms with Crippen LogP contribution in [0, 0.1) is 20.8 Å². The molecule has 206 valence electrons. The Morgan fingerprint density at radius 3 is 1.95 bits per heavy atom. The molecule has 0 bridgehead atoms. The van der Waals surface area contributed by atoms with Crippen LogP contribution in [0.15, 0.2) is 72.8 Å². The lowest BCUT2D eigenvalue weighted by Crippen LogP contribution is -2.65. The summed E-state index contributed by atoms with van der Waals surface area (Å²) in [4.78, 5) is 2.47. The van der Waals surface area contributed by atoms with Gasteiger partial charge in [0.15, 0.2) is 0 Å². The summed E-state index contributed by atoms with van der Waals surface area (Å²) >= 11 is 0. The molecule has 0 spiro atoms. The molecule has 1 fully saturated rings. The van der Waals surface area contributed by atoms with Crippen molar-refractivity contribution in [2.45, 2.75) is 78.9 Å². The second-order valence-corrected chi connectivity index (χ2v) is 13.9. The molecule has 5 heteroatoms. The predicted octanol–water partition coefficient (Wildman–Crippen LogP) is 5.85. The highest BCUT2D eigenvalue weighted by atomic mass is 16.7. The lowest BCUT2D eigenvalue weighted by Gasteiger charge is -2.46. The summed E-state index contributed by atoms with van der Waals surface area (Å²) in [5, 5.41) is 0. The normalized spacial score (nSPS) is 19.1. The van der Waals surface area contributed by atoms with Gasteiger partial charge in [0.25, 0.3) is 0 Å². The fourth-order valence-corrected chi connectivity index (χ4v) is 7.37. The minimum atomic E-state index is -0.392. The molecule has 3 aliphatic rings. The van der Waals surface area contributed by atoms with E-state index in [1.54, 1.807) is 0 Å². The Hall–Kier alpha value is -3.27. The van der Waals surface area contributed by atoms with E-state index in [4.69, 9.17) is 9.31 Å². The van der Waals surface area contributed by atoms with Crippen molar-refractivity contribution >= 4 is 52.7 Å². The third-order valence-corrected chi connectivity index (χ3v) is 10.2. The van der Waals surface area contributed by atoms with Crippen LogP contribution in [0.25, 0.3) is 0 Å². The molecule has 0 aliphatic carbocycles. The Balaban J connectivity index is 1.50. The third kappa shape index (κ3) is 3.75. The van der Waals surface area contributed by atoms with E-state index < -0.39 is 7.12 Å². The summed E-state index contributed by atoms with van der Waals surface area (Å²) in [7, 11) is -0.392. The van der Waals surface area contributed by atoms with Gasteiger partial charge in [0.2, 0.25) is 6.71 Å². The van der Waals surface area contributed by atoms with Crippen molar-refractivity contribution in [2.75, 3.05) is 4.90 Å². The fraction of sp³-hybridized carbons (Fsp3) is 0.333. The van der Waals surface area contributed by atoms with Crippen LogP contribution in [-0.4, -0.2) is 25.0 Å². The molecule has 0 amide bonds. The van der Waals surface area contributed by atoms with Crippen molar-refractivity contribution < 1.29 is 9.31 Å². The maximum Gasteiger partial charge on any atom is 0.494 e. The van der Waals surface area contributed by atoms with Gasteiger partial charge in [-0.1, -0.05) is 79.0 Å². The van der Waals surface area contributed by atoms with Crippen molar-refractivity contribution in [3.8, 4) is 0 Å². The summed E-state index contributed by atoms with van der Waals surface area (Å²) in [6.45, 7) is 20.0. The van der Waals surface area contributed by atoms with Gasteiger partial charge in [-0.25, -0.2) is 0 Å². The highest BCUT2D eigenvalue weighted by Gasteiger charge is 2.53. The summed E-state index contributed by atoms with van der Waals surface area (Å²) in [5.41, 5.74) is 14.7. The third-order valence-electron chi connectivity index (χ3n) is 10.2. The van der Waals surface area contributed by atoms with Gasteiger partial charge >= 0.3 is 7.12 Å². The van der Waals surface area contributed by atoms with Gasteiger partial charge < -0.3 is 14.2 Å². The molecule has 0 saturated carbocycles. The minimum absolute atomic E-state index is 0.127. The minimum Gasteiger partial charge on any atom is -0.399 e. The Labute approximate surface area is 246 Å². The molecule has 0 N–H and O–H groups in total. The molecule has 3 nitrogen and oxygen atoms in total. The summed E-state index contributed by atoms with van der Waals surface area (Å²) in [5.74, 6) is 0. The summed E-state index contributed by atoms with van der Waals surface area (Å²) < 4.78 is 13.1. The van der Waals surface area contributed by atoms with E-state index in [9.17, 15) is 0 Å². The van der Waals surface area contributed by atoms with Crippen molar-refractivity contribution in [3.63, 3.8) is 0 Å². The number of nitrogens with zero attached hydrogens (tertiary/aromatic N) is 1. The fourth-order valence-electron chi connectivity index (χ4n) is 7.37. The van der Waals surface area contributed by atoms with Gasteiger partial charge in [-0.2, -0.15) is 0 Å². The van der Waals surface area contributed by atoms with E-state index in [1.165, 1.54) is 61.3 Å². The highest BCUT2D eigenvalue weighted by molar-refractivity contribution is 6.99. The molecule has 0 unspecified atom stereocenters. The zero-order valence-electron chi connectivity index (χ0n) is 25.8. The lowest BCUT2D eigenvalue weighted by atomic mass is 9.29. The molecule has 4 aromatic carbocycles. The van der Waals surface area contributed by atoms with Crippen LogP contribution in [0.3, 0.4) is 0 Å². The summed E-state index contributed by atoms with van der Waals surface area (Å²) in [6, 6.07) is 27.5. The molecule has 3 heterocycles. The molecular formula is C36H39B2NO2. The van der Waals surface area contributed by atoms with E-state index in [-0.39, 0.29) is 23.3 Å². The van der Waals surface area contributed by atoms with E-state index in [0.717, 1.165) is 5.46 Å². The topological polar surface area (TPSA) is 21.7 Å². The van der Waals surface area contributed by atoms with E-state index >= 15 is 0 Å². The molecule has 0 atom stereocenters. The largest absolute Gasteiger partial charge is 0.494 e. The van der Waals surface area contributed by atoms with Gasteiger partial charge in [0, 0.05) is 22.5 Å². The summed E-state index contributed by atoms with van der Waals surface area (Å²) in [6.07, 6.45) is 0. The molecule has 41 heavy (non-hydrogen) atoms. The second-order valence-electron chi connectivity index (χ2n) is 13.9. The lowest BCUT2D eigenvalue weighted by molar-refractivity contribution is 0.00578. The van der Waals surface area contributed by atoms with Crippen molar-refractivity contribution in [3.05, 3.63) is 101 Å². The van der Waals surface area contributed by atoms with Crippen LogP contribution in [-0.2, 0) is 14.7 Å². The van der Waals surface area contributed by atoms with Gasteiger partial charge in [-0.3, -0.25) is 0 Å². The van der Waals surface area contributed by atoms with Crippen molar-refractivity contribution in [1.82, 2.24) is 0 Å². The van der Waals surface area contributed by atoms with Crippen molar-refractivity contribution in [2.24, 2.45) is 0 Å². The molecule has 0 radical (unpaired) electrons. The van der Waals surface area contributed by atoms with Gasteiger partial charge in [-0.15, -0.1) is 0 Å². The maximum absolute atomic E-state index is 6.53. The standard InChI is InChI=1S/C36H39B2NO2/c1-22-10-15-26(16-11-22)39-30-18-12-23(2)20-29(30)37-28-21-25(38-40-35(6,7)36(8,9)41-38)14-17-27(28)34(4,5)32-24(3)13-19-31(39)33(32)37/h10-21H,1-9H3. The molecule has 3 aliphatic heterocycles. The van der Waals surface area contributed by atoms with Crippen LogP contribution in [0.1, 0.15) is 69.4 Å². The number of aryl methyl sites for hydroxylation is 3. The number of benzene rings is 4. The molecule has 4 aromatic rings. The Bertz CT molecular complexity index is 1700. The number of fused-ring (bicyclic) bond motifs is 4. The van der Waals surface area contributed by atoms with Gasteiger partial charge in [-0.05, 0) is 106 Å². The van der Waals surface area contributed by atoms with Crippen molar-refractivity contribution in [1.29, 1.82) is 0 Å². The van der Waals surface area contributed by atoms with Crippen LogP contribution >= 0.6 is 0 Å². The smallest absolute Gasteiger partial charge is 0.399 e. The first-order chi connectivity index (χ1) is 19.3. The van der Waals surface area contributed by atoms with Crippen LogP contribution < -0.4 is 26.8 Å². The Kier molecular flexibility index (Phi) is 5.60. The predicted molar refractivity (Wildman–Crippen MR) is 174 cm³/mol. The first kappa shape index (κ1) is 26.6. The monoisotopic (exact) mass is 539 g/mol. The number of hydrogen-bond acceptors (Lipinski definition) is 3. The molecular weight excluding hydrogens is 500 g/mol. The van der Waals surface area contributed by atoms with Crippen LogP contribution in [0.5, 0.6) is 0 Å². The maximum atomic E-state index is 6.53. The number of anilines is 3. The number of rotatable bonds is 2. The average molecular weight is 539 g/mol. The first-order valence-electron chi connectivity index (χ1n) is 14.9. The second kappa shape index (κ2) is 8.63. The number of hydrogen-bond donors (Lipinski definition) is 0. The average Bonchev–Trinajstić information content (AvgIpc) is 3.13. The van der Waals surface area contributed by atoms with Crippen LogP contribution in [0.4, 0.5) is 17.1 Å². The van der Waals surface area contributed by atoms with E-state index in [0.29, 0.717) is 0 Å². The zero-order valence-corrected chi connectivity index (χ0v) is 25.8. The molecule has 0 aromatic heterocycles. The Morgan fingerprint density at radius 2 is 1.27 bits per heavy atom. The zero-order chi connectivity index (χ0) is 29.1. The molecule has 7 rings (SSSR count). The van der Waals surface area contributed by atoms with Gasteiger partial charge in [0.05, 0.1) is 11.2 Å². The van der Waals surface area contributed by atoms with E-state index in [2.05, 4.69) is 140 Å². The SMILES string of the molecule is Cc1ccc(N2c3ccc(C)cc3B3c4cc(B5OC(C)(C)C(C)(C)O5)ccc4C(C)(C)c4c(C)ccc2c43)cc1. The quantitative estimate of drug-likeness (QED) is 0.263. The highest BCUT2D eigenvalue weighted by Crippen LogP contribution is 2.43. The molecule has 1 saturated heterocycles. The van der Waals surface area contributed by atoms with E-state index in [1.807, 2.05) is 0 Å².